The molecule has 0 aliphatic heterocycles. The van der Waals surface area contributed by atoms with E-state index in [0.717, 1.165) is 22.5 Å². The van der Waals surface area contributed by atoms with Crippen molar-refractivity contribution in [2.75, 3.05) is 5.94 Å². The average molecular weight is 302 g/mol. The highest BCUT2D eigenvalue weighted by atomic mass is 32.2. The van der Waals surface area contributed by atoms with E-state index >= 15 is 0 Å². The van der Waals surface area contributed by atoms with Gasteiger partial charge in [-0.2, -0.15) is 5.21 Å². The van der Waals surface area contributed by atoms with Crippen molar-refractivity contribution >= 4 is 28.7 Å². The fourth-order valence-electron chi connectivity index (χ4n) is 1.70. The molecule has 1 heterocycles. The summed E-state index contributed by atoms with van der Waals surface area (Å²) in [6, 6.07) is 13.2. The topological polar surface area (TPSA) is 90.0 Å². The number of ether oxygens (including phenoxy) is 2. The Labute approximate surface area is 123 Å². The van der Waals surface area contributed by atoms with E-state index in [0.29, 0.717) is 10.9 Å². The van der Waals surface area contributed by atoms with Gasteiger partial charge in [0.2, 0.25) is 5.16 Å². The fraction of sp³-hybridized carbons (Fsp3) is 0.0769. The van der Waals surface area contributed by atoms with E-state index in [1.54, 1.807) is 12.1 Å². The number of thioether (sulfide) groups is 1. The summed E-state index contributed by atoms with van der Waals surface area (Å²) >= 11 is 1.13. The number of nitrogens with zero attached hydrogens (tertiary/aromatic N) is 3. The Hall–Kier alpha value is -2.61. The molecule has 0 atom stereocenters. The number of aromatic nitrogens is 4. The Bertz CT molecular complexity index is 748. The first-order valence-corrected chi connectivity index (χ1v) is 6.99. The van der Waals surface area contributed by atoms with Gasteiger partial charge in [0.25, 0.3) is 0 Å². The van der Waals surface area contributed by atoms with Crippen molar-refractivity contribution in [3.8, 4) is 5.75 Å². The SMILES string of the molecule is O=C(OCSc1nn[nH]n1)Oc1ccc2ccccc2c1. The van der Waals surface area contributed by atoms with Crippen LogP contribution in [0.1, 0.15) is 0 Å². The molecule has 0 saturated heterocycles. The molecule has 0 unspecified atom stereocenters. The monoisotopic (exact) mass is 302 g/mol. The summed E-state index contributed by atoms with van der Waals surface area (Å²) in [4.78, 5) is 11.6. The molecule has 0 aliphatic rings. The standard InChI is InChI=1S/C13H10N4O3S/c18-13(19-8-21-12-14-16-17-15-12)20-11-6-5-9-3-1-2-4-10(9)7-11/h1-7H,8H2,(H,14,15,16,17). The molecule has 2 aromatic carbocycles. The molecule has 0 radical (unpaired) electrons. The number of rotatable bonds is 4. The predicted molar refractivity (Wildman–Crippen MR) is 76.0 cm³/mol. The highest BCUT2D eigenvalue weighted by Gasteiger charge is 2.08. The second kappa shape index (κ2) is 6.23. The summed E-state index contributed by atoms with van der Waals surface area (Å²) in [6.07, 6.45) is -0.777. The quantitative estimate of drug-likeness (QED) is 0.343. The van der Waals surface area contributed by atoms with Crippen molar-refractivity contribution in [2.24, 2.45) is 0 Å². The summed E-state index contributed by atoms with van der Waals surface area (Å²) in [6.45, 7) is 0. The van der Waals surface area contributed by atoms with E-state index in [2.05, 4.69) is 20.6 Å². The lowest BCUT2D eigenvalue weighted by Crippen LogP contribution is -2.10. The molecule has 0 saturated carbocycles. The summed E-state index contributed by atoms with van der Waals surface area (Å²) in [5, 5.41) is 15.6. The molecule has 0 spiro atoms. The van der Waals surface area contributed by atoms with Crippen LogP contribution < -0.4 is 4.74 Å². The fourth-order valence-corrected chi connectivity index (χ4v) is 2.17. The van der Waals surface area contributed by atoms with Crippen molar-refractivity contribution < 1.29 is 14.3 Å². The van der Waals surface area contributed by atoms with Crippen LogP contribution in [0.4, 0.5) is 4.79 Å². The molecule has 1 N–H and O–H groups in total. The molecule has 3 aromatic rings. The van der Waals surface area contributed by atoms with Crippen LogP contribution in [0.3, 0.4) is 0 Å². The van der Waals surface area contributed by atoms with Gasteiger partial charge < -0.3 is 9.47 Å². The summed E-state index contributed by atoms with van der Waals surface area (Å²) in [7, 11) is 0. The molecule has 0 amide bonds. The minimum atomic E-state index is -0.777. The zero-order chi connectivity index (χ0) is 14.5. The number of hydrogen-bond acceptors (Lipinski definition) is 7. The maximum Gasteiger partial charge on any atom is 0.514 e. The van der Waals surface area contributed by atoms with Crippen LogP contribution in [-0.2, 0) is 4.74 Å². The third kappa shape index (κ3) is 3.48. The number of tetrazole rings is 1. The molecular formula is C13H10N4O3S. The lowest BCUT2D eigenvalue weighted by Gasteiger charge is -2.05. The smallest absolute Gasteiger partial charge is 0.422 e. The van der Waals surface area contributed by atoms with Gasteiger partial charge in [-0.05, 0) is 39.9 Å². The van der Waals surface area contributed by atoms with Crippen molar-refractivity contribution in [1.29, 1.82) is 0 Å². The lowest BCUT2D eigenvalue weighted by atomic mass is 10.1. The second-order valence-electron chi connectivity index (χ2n) is 3.96. The molecule has 0 fully saturated rings. The number of carbonyl (C=O) groups is 1. The summed E-state index contributed by atoms with van der Waals surface area (Å²) < 4.78 is 10.0. The maximum atomic E-state index is 11.6. The van der Waals surface area contributed by atoms with Crippen molar-refractivity contribution in [2.45, 2.75) is 5.16 Å². The average Bonchev–Trinajstić information content (AvgIpc) is 3.00. The van der Waals surface area contributed by atoms with Crippen molar-refractivity contribution in [3.63, 3.8) is 0 Å². The first kappa shape index (κ1) is 13.4. The highest BCUT2D eigenvalue weighted by molar-refractivity contribution is 7.99. The number of nitrogens with one attached hydrogen (secondary N) is 1. The predicted octanol–water partition coefficient (Wildman–Crippen LogP) is 2.62. The first-order valence-electron chi connectivity index (χ1n) is 6.01. The van der Waals surface area contributed by atoms with Crippen LogP contribution in [0.25, 0.3) is 10.8 Å². The van der Waals surface area contributed by atoms with Gasteiger partial charge in [-0.25, -0.2) is 4.79 Å². The van der Waals surface area contributed by atoms with Gasteiger partial charge in [-0.15, -0.1) is 10.2 Å². The van der Waals surface area contributed by atoms with Crippen LogP contribution in [0.5, 0.6) is 5.75 Å². The highest BCUT2D eigenvalue weighted by Crippen LogP contribution is 2.21. The van der Waals surface area contributed by atoms with E-state index < -0.39 is 6.16 Å². The zero-order valence-corrected chi connectivity index (χ0v) is 11.5. The van der Waals surface area contributed by atoms with Crippen LogP contribution in [-0.4, -0.2) is 32.7 Å². The molecule has 8 heteroatoms. The first-order chi connectivity index (χ1) is 10.3. The number of fused-ring (bicyclic) bond motifs is 1. The molecular weight excluding hydrogens is 292 g/mol. The zero-order valence-electron chi connectivity index (χ0n) is 10.7. The lowest BCUT2D eigenvalue weighted by molar-refractivity contribution is 0.116. The van der Waals surface area contributed by atoms with Gasteiger partial charge in [0, 0.05) is 0 Å². The number of benzene rings is 2. The Kier molecular flexibility index (Phi) is 3.97. The Balaban J connectivity index is 1.55. The summed E-state index contributed by atoms with van der Waals surface area (Å²) in [5.74, 6) is 0.481. The van der Waals surface area contributed by atoms with Crippen molar-refractivity contribution in [1.82, 2.24) is 20.6 Å². The normalized spacial score (nSPS) is 10.5. The van der Waals surface area contributed by atoms with Crippen LogP contribution in [0, 0.1) is 0 Å². The number of H-pyrrole nitrogens is 1. The van der Waals surface area contributed by atoms with Crippen molar-refractivity contribution in [3.05, 3.63) is 42.5 Å². The number of aromatic amines is 1. The van der Waals surface area contributed by atoms with Crippen LogP contribution in [0.15, 0.2) is 47.6 Å². The van der Waals surface area contributed by atoms with Gasteiger partial charge in [-0.1, -0.05) is 30.3 Å². The third-order valence-corrected chi connectivity index (χ3v) is 3.28. The minimum Gasteiger partial charge on any atom is -0.422 e. The van der Waals surface area contributed by atoms with E-state index in [4.69, 9.17) is 9.47 Å². The van der Waals surface area contributed by atoms with Crippen LogP contribution in [0.2, 0.25) is 0 Å². The molecule has 1 aromatic heterocycles. The van der Waals surface area contributed by atoms with Gasteiger partial charge in [0.05, 0.1) is 0 Å². The van der Waals surface area contributed by atoms with Crippen LogP contribution >= 0.6 is 11.8 Å². The third-order valence-electron chi connectivity index (χ3n) is 2.61. The molecule has 3 rings (SSSR count). The Morgan fingerprint density at radius 2 is 2.05 bits per heavy atom. The molecule has 0 aliphatic carbocycles. The number of hydrogen-bond donors (Lipinski definition) is 1. The molecule has 106 valence electrons. The van der Waals surface area contributed by atoms with E-state index in [1.807, 2.05) is 30.3 Å². The largest absolute Gasteiger partial charge is 0.514 e. The minimum absolute atomic E-state index is 0.0476. The van der Waals surface area contributed by atoms with E-state index in [-0.39, 0.29) is 5.94 Å². The molecule has 0 bridgehead atoms. The van der Waals surface area contributed by atoms with E-state index in [1.165, 1.54) is 0 Å². The summed E-state index contributed by atoms with van der Waals surface area (Å²) in [5.41, 5.74) is 0. The van der Waals surface area contributed by atoms with Gasteiger partial charge in [0.1, 0.15) is 11.7 Å². The van der Waals surface area contributed by atoms with E-state index in [9.17, 15) is 4.79 Å². The maximum absolute atomic E-state index is 11.6. The van der Waals surface area contributed by atoms with Gasteiger partial charge >= 0.3 is 6.16 Å². The Morgan fingerprint density at radius 1 is 1.19 bits per heavy atom. The van der Waals surface area contributed by atoms with Gasteiger partial charge in [0.15, 0.2) is 0 Å². The van der Waals surface area contributed by atoms with Gasteiger partial charge in [-0.3, -0.25) is 0 Å². The molecule has 21 heavy (non-hydrogen) atoms. The number of carbonyl (C=O) groups excluding carboxylic acids is 1. The second-order valence-corrected chi connectivity index (χ2v) is 4.85. The Morgan fingerprint density at radius 3 is 2.86 bits per heavy atom. The molecule has 7 nitrogen and oxygen atoms in total.